The van der Waals surface area contributed by atoms with Crippen LogP contribution in [0.5, 0.6) is 5.75 Å². The molecule has 9 rings (SSSR count). The molecule has 3 aromatic carbocycles. The van der Waals surface area contributed by atoms with Crippen molar-refractivity contribution in [3.8, 4) is 17.6 Å². The second kappa shape index (κ2) is 14.5. The van der Waals surface area contributed by atoms with Gasteiger partial charge in [0.05, 0.1) is 22.7 Å². The summed E-state index contributed by atoms with van der Waals surface area (Å²) in [5.41, 5.74) is 3.82. The molecule has 5 heterocycles. The largest absolute Gasteiger partial charge is 0.489 e. The molecule has 1 aliphatic carbocycles. The number of nitrogens with zero attached hydrogens (tertiary/aromatic N) is 6. The molecule has 1 saturated carbocycles. The molecule has 0 N–H and O–H groups in total. The number of likely N-dealkylation sites (N-methyl/N-ethyl adjacent to an activating group) is 1. The number of hydrogen-bond donors (Lipinski definition) is 0. The number of amides is 5. The van der Waals surface area contributed by atoms with Crippen molar-refractivity contribution >= 4 is 52.5 Å². The quantitative estimate of drug-likeness (QED) is 0.159. The summed E-state index contributed by atoms with van der Waals surface area (Å²) < 4.78 is 6.48. The maximum Gasteiger partial charge on any atom is 0.262 e. The second-order valence-electron chi connectivity index (χ2n) is 18.3. The standard InChI is InChI=1S/C47H47ClN6O6/c1-46(2)44(47(3,4)45(46)60-32-11-14-37(49-5)36(48)23-32)53-24-29-21-28(9-12-33(29)40(53)56)8-7-27-17-19-51(20-18-27)31-25-52(26-31)30-10-13-34-35(22-30)42(58)54(41(34)57)38-15-16-39(55)50(6)43(38)59/h9-14,21-23,27,31,38,44-45H,15-20,24-26H2,1-4,6H3. The van der Waals surface area contributed by atoms with Gasteiger partial charge in [-0.15, -0.1) is 0 Å². The minimum atomic E-state index is -0.965. The van der Waals surface area contributed by atoms with E-state index in [1.165, 1.54) is 7.05 Å². The van der Waals surface area contributed by atoms with Crippen molar-refractivity contribution in [2.45, 2.75) is 84.2 Å². The van der Waals surface area contributed by atoms with Crippen LogP contribution in [0.1, 0.15) is 95.6 Å². The van der Waals surface area contributed by atoms with Crippen LogP contribution in [0.15, 0.2) is 54.6 Å². The summed E-state index contributed by atoms with van der Waals surface area (Å²) in [4.78, 5) is 77.5. The molecule has 308 valence electrons. The minimum absolute atomic E-state index is 0.0344. The molecule has 12 nitrogen and oxygen atoms in total. The van der Waals surface area contributed by atoms with E-state index in [2.05, 4.69) is 60.2 Å². The van der Waals surface area contributed by atoms with Crippen molar-refractivity contribution in [3.05, 3.63) is 98.9 Å². The second-order valence-corrected chi connectivity index (χ2v) is 18.7. The van der Waals surface area contributed by atoms with Gasteiger partial charge in [0.1, 0.15) is 17.9 Å². The fourth-order valence-corrected chi connectivity index (χ4v) is 11.2. The number of halogens is 1. The molecular formula is C47H47ClN6O6. The average Bonchev–Trinajstić information content (AvgIpc) is 3.64. The van der Waals surface area contributed by atoms with Gasteiger partial charge in [0, 0.05) is 78.7 Å². The summed E-state index contributed by atoms with van der Waals surface area (Å²) in [6.07, 6.45) is 2.02. The number of fused-ring (bicyclic) bond motifs is 2. The Morgan fingerprint density at radius 2 is 1.53 bits per heavy atom. The van der Waals surface area contributed by atoms with E-state index in [9.17, 15) is 24.0 Å². The van der Waals surface area contributed by atoms with Gasteiger partial charge in [0.2, 0.25) is 11.6 Å². The molecule has 5 amide bonds. The number of likely N-dealkylation sites (tertiary alicyclic amines) is 2. The van der Waals surface area contributed by atoms with Crippen molar-refractivity contribution < 1.29 is 28.7 Å². The minimum Gasteiger partial charge on any atom is -0.489 e. The average molecular weight is 827 g/mol. The summed E-state index contributed by atoms with van der Waals surface area (Å²) in [6, 6.07) is 15.8. The predicted octanol–water partition coefficient (Wildman–Crippen LogP) is 6.42. The van der Waals surface area contributed by atoms with Crippen LogP contribution >= 0.6 is 11.6 Å². The zero-order valence-electron chi connectivity index (χ0n) is 34.5. The Labute approximate surface area is 355 Å². The molecular weight excluding hydrogens is 780 g/mol. The molecule has 1 unspecified atom stereocenters. The molecule has 3 aromatic rings. The molecule has 6 aliphatic rings. The normalized spacial score (nSPS) is 25.0. The number of piperidine rings is 2. The van der Waals surface area contributed by atoms with Gasteiger partial charge in [-0.2, -0.15) is 0 Å². The monoisotopic (exact) mass is 826 g/mol. The Morgan fingerprint density at radius 3 is 2.23 bits per heavy atom. The molecule has 1 atom stereocenters. The van der Waals surface area contributed by atoms with E-state index >= 15 is 0 Å². The van der Waals surface area contributed by atoms with E-state index in [-0.39, 0.29) is 53.5 Å². The highest BCUT2D eigenvalue weighted by molar-refractivity contribution is 6.33. The Kier molecular flexibility index (Phi) is 9.61. The Balaban J connectivity index is 0.777. The fourth-order valence-electron chi connectivity index (χ4n) is 11.0. The van der Waals surface area contributed by atoms with Crippen LogP contribution in [0.25, 0.3) is 4.85 Å². The summed E-state index contributed by atoms with van der Waals surface area (Å²) >= 11 is 6.30. The lowest BCUT2D eigenvalue weighted by Gasteiger charge is -2.65. The third-order valence-corrected chi connectivity index (χ3v) is 14.1. The highest BCUT2D eigenvalue weighted by Gasteiger charge is 2.67. The SMILES string of the molecule is [C-]#[N+]c1ccc(OC2C(C)(C)C(N3Cc4cc(C#CC5CCN(C6CN(c7ccc8c(c7)C(=O)N(C7CCC(=O)N(C)C7=O)C8=O)C6)CC5)ccc4C3=O)C2(C)C)cc1Cl. The maximum atomic E-state index is 13.8. The molecule has 13 heteroatoms. The maximum absolute atomic E-state index is 13.8. The van der Waals surface area contributed by atoms with E-state index in [0.29, 0.717) is 40.2 Å². The first kappa shape index (κ1) is 39.8. The lowest BCUT2D eigenvalue weighted by Crippen LogP contribution is -2.74. The molecule has 0 radical (unpaired) electrons. The van der Waals surface area contributed by atoms with Crippen LogP contribution in [0.4, 0.5) is 11.4 Å². The van der Waals surface area contributed by atoms with Crippen LogP contribution in [0, 0.1) is 35.2 Å². The molecule has 60 heavy (non-hydrogen) atoms. The Bertz CT molecular complexity index is 2470. The smallest absolute Gasteiger partial charge is 0.262 e. The number of imide groups is 2. The van der Waals surface area contributed by atoms with Gasteiger partial charge in [0.25, 0.3) is 23.6 Å². The predicted molar refractivity (Wildman–Crippen MR) is 225 cm³/mol. The highest BCUT2D eigenvalue weighted by Crippen LogP contribution is 2.59. The van der Waals surface area contributed by atoms with Gasteiger partial charge in [-0.1, -0.05) is 57.2 Å². The number of anilines is 1. The number of ether oxygens (including phenoxy) is 1. The van der Waals surface area contributed by atoms with Crippen LogP contribution in [0.2, 0.25) is 5.02 Å². The van der Waals surface area contributed by atoms with Crippen LogP contribution in [-0.4, -0.2) is 107 Å². The number of hydrogen-bond acceptors (Lipinski definition) is 8. The third kappa shape index (κ3) is 6.35. The Morgan fingerprint density at radius 1 is 0.833 bits per heavy atom. The first-order chi connectivity index (χ1) is 28.6. The van der Waals surface area contributed by atoms with Crippen LogP contribution < -0.4 is 9.64 Å². The lowest BCUT2D eigenvalue weighted by atomic mass is 9.49. The van der Waals surface area contributed by atoms with E-state index in [4.69, 9.17) is 22.9 Å². The number of carbonyl (C=O) groups is 5. The molecule has 4 fully saturated rings. The van der Waals surface area contributed by atoms with Gasteiger partial charge in [0.15, 0.2) is 0 Å². The fraction of sp³-hybridized carbons (Fsp3) is 0.447. The lowest BCUT2D eigenvalue weighted by molar-refractivity contribution is -0.199. The first-order valence-electron chi connectivity index (χ1n) is 20.7. The van der Waals surface area contributed by atoms with Crippen molar-refractivity contribution in [2.75, 3.05) is 38.1 Å². The number of rotatable bonds is 6. The summed E-state index contributed by atoms with van der Waals surface area (Å²) in [7, 11) is 1.39. The molecule has 0 spiro atoms. The highest BCUT2D eigenvalue weighted by atomic mass is 35.5. The first-order valence-corrected chi connectivity index (χ1v) is 21.1. The Hall–Kier alpha value is -5.69. The number of benzene rings is 3. The zero-order chi connectivity index (χ0) is 42.4. The summed E-state index contributed by atoms with van der Waals surface area (Å²) in [5.74, 6) is 6.08. The van der Waals surface area contributed by atoms with Crippen LogP contribution in [0.3, 0.4) is 0 Å². The molecule has 0 bridgehead atoms. The van der Waals surface area contributed by atoms with Gasteiger partial charge < -0.3 is 14.5 Å². The van der Waals surface area contributed by atoms with E-state index in [1.54, 1.807) is 30.3 Å². The third-order valence-electron chi connectivity index (χ3n) is 13.8. The van der Waals surface area contributed by atoms with E-state index in [0.717, 1.165) is 71.2 Å². The van der Waals surface area contributed by atoms with Crippen molar-refractivity contribution in [2.24, 2.45) is 16.7 Å². The van der Waals surface area contributed by atoms with Gasteiger partial charge in [-0.05, 0) is 86.4 Å². The van der Waals surface area contributed by atoms with Crippen LogP contribution in [-0.2, 0) is 16.1 Å². The molecule has 5 aliphatic heterocycles. The summed E-state index contributed by atoms with van der Waals surface area (Å²) in [5, 5.41) is 0.360. The van der Waals surface area contributed by atoms with Gasteiger partial charge >= 0.3 is 0 Å². The molecule has 3 saturated heterocycles. The zero-order valence-corrected chi connectivity index (χ0v) is 35.2. The van der Waals surface area contributed by atoms with Gasteiger partial charge in [-0.3, -0.25) is 38.7 Å². The molecule has 0 aromatic heterocycles. The van der Waals surface area contributed by atoms with Gasteiger partial charge in [-0.25, -0.2) is 4.85 Å². The van der Waals surface area contributed by atoms with Crippen molar-refractivity contribution in [1.82, 2.24) is 19.6 Å². The number of carbonyl (C=O) groups excluding carboxylic acids is 5. The van der Waals surface area contributed by atoms with Crippen molar-refractivity contribution in [1.29, 1.82) is 0 Å². The topological polar surface area (TPSA) is 115 Å². The van der Waals surface area contributed by atoms with E-state index in [1.807, 2.05) is 23.1 Å². The summed E-state index contributed by atoms with van der Waals surface area (Å²) in [6.45, 7) is 19.9. The van der Waals surface area contributed by atoms with Crippen molar-refractivity contribution in [3.63, 3.8) is 0 Å². The van der Waals surface area contributed by atoms with E-state index < -0.39 is 23.8 Å².